The molecule has 0 aliphatic carbocycles. The predicted molar refractivity (Wildman–Crippen MR) is 142 cm³/mol. The molecular weight excluding hydrogens is 452 g/mol. The summed E-state index contributed by atoms with van der Waals surface area (Å²) in [5, 5.41) is 19.8. The summed E-state index contributed by atoms with van der Waals surface area (Å²) in [5.41, 5.74) is 4.56. The van der Waals surface area contributed by atoms with Crippen molar-refractivity contribution in [2.75, 3.05) is 26.7 Å². The Morgan fingerprint density at radius 1 is 1.03 bits per heavy atom. The zero-order valence-corrected chi connectivity index (χ0v) is 21.3. The fourth-order valence-corrected chi connectivity index (χ4v) is 4.89. The lowest BCUT2D eigenvalue weighted by molar-refractivity contribution is -0.0241. The third-order valence-corrected chi connectivity index (χ3v) is 6.95. The lowest BCUT2D eigenvalue weighted by atomic mass is 9.94. The Bertz CT molecular complexity index is 1180. The molecule has 1 amide bonds. The Morgan fingerprint density at radius 2 is 1.72 bits per heavy atom. The van der Waals surface area contributed by atoms with Crippen molar-refractivity contribution in [1.29, 1.82) is 0 Å². The molecule has 0 fully saturated rings. The van der Waals surface area contributed by atoms with Crippen molar-refractivity contribution in [2.24, 2.45) is 5.92 Å². The van der Waals surface area contributed by atoms with Gasteiger partial charge in [0.15, 0.2) is 0 Å². The third-order valence-electron chi connectivity index (χ3n) is 6.95. The normalized spacial score (nSPS) is 19.4. The summed E-state index contributed by atoms with van der Waals surface area (Å²) in [6, 6.07) is 22.7. The second-order valence-electron chi connectivity index (χ2n) is 9.89. The van der Waals surface area contributed by atoms with Gasteiger partial charge < -0.3 is 19.8 Å². The number of ether oxygens (including phenoxy) is 1. The summed E-state index contributed by atoms with van der Waals surface area (Å²) in [7, 11) is 2.04. The second kappa shape index (κ2) is 11.7. The van der Waals surface area contributed by atoms with Crippen LogP contribution in [0.2, 0.25) is 0 Å². The number of phenolic OH excluding ortho intramolecular Hbond substituents is 1. The van der Waals surface area contributed by atoms with Crippen LogP contribution in [0.1, 0.15) is 35.3 Å². The molecule has 0 bridgehead atoms. The first-order valence-electron chi connectivity index (χ1n) is 12.5. The lowest BCUT2D eigenvalue weighted by Crippen LogP contribution is -2.47. The number of rotatable bonds is 6. The maximum absolute atomic E-state index is 13.9. The Kier molecular flexibility index (Phi) is 8.41. The van der Waals surface area contributed by atoms with Gasteiger partial charge in [-0.1, -0.05) is 61.5 Å². The van der Waals surface area contributed by atoms with Gasteiger partial charge in [0.2, 0.25) is 0 Å². The second-order valence-corrected chi connectivity index (χ2v) is 9.89. The maximum atomic E-state index is 13.9. The fourth-order valence-electron chi connectivity index (χ4n) is 4.89. The lowest BCUT2D eigenvalue weighted by Gasteiger charge is -2.35. The molecule has 0 aromatic heterocycles. The predicted octanol–water partition coefficient (Wildman–Crippen LogP) is 4.55. The number of hydrogen-bond acceptors (Lipinski definition) is 5. The summed E-state index contributed by atoms with van der Waals surface area (Å²) >= 11 is 0. The van der Waals surface area contributed by atoms with Gasteiger partial charge in [-0.15, -0.1) is 0 Å². The molecule has 3 aromatic carbocycles. The SMILES string of the molecule is C[C@H]1CN([C@@H](C)CO)C(=O)c2ccccc2-c2ccccc2CO[C@H]1CN(C)Cc1cccc(O)c1. The molecule has 3 atom stereocenters. The summed E-state index contributed by atoms with van der Waals surface area (Å²) in [5.74, 6) is 0.193. The van der Waals surface area contributed by atoms with Crippen LogP contribution in [-0.4, -0.2) is 64.8 Å². The van der Waals surface area contributed by atoms with Gasteiger partial charge in [-0.2, -0.15) is 0 Å². The van der Waals surface area contributed by atoms with E-state index in [2.05, 4.69) is 17.9 Å². The molecule has 1 aliphatic rings. The summed E-state index contributed by atoms with van der Waals surface area (Å²) in [4.78, 5) is 17.8. The van der Waals surface area contributed by atoms with E-state index in [1.807, 2.05) is 68.6 Å². The number of fused-ring (bicyclic) bond motifs is 3. The van der Waals surface area contributed by atoms with E-state index < -0.39 is 0 Å². The molecule has 0 spiro atoms. The minimum Gasteiger partial charge on any atom is -0.508 e. The van der Waals surface area contributed by atoms with E-state index >= 15 is 0 Å². The molecule has 3 aromatic rings. The maximum Gasteiger partial charge on any atom is 0.254 e. The van der Waals surface area contributed by atoms with Crippen molar-refractivity contribution in [1.82, 2.24) is 9.80 Å². The summed E-state index contributed by atoms with van der Waals surface area (Å²) in [6.07, 6.45) is -0.150. The monoisotopic (exact) mass is 488 g/mol. The minimum absolute atomic E-state index is 0.0204. The van der Waals surface area contributed by atoms with Gasteiger partial charge in [0.05, 0.1) is 25.4 Å². The van der Waals surface area contributed by atoms with Gasteiger partial charge in [-0.25, -0.2) is 0 Å². The molecule has 4 rings (SSSR count). The van der Waals surface area contributed by atoms with Crippen LogP contribution in [0.5, 0.6) is 5.75 Å². The van der Waals surface area contributed by atoms with Crippen molar-refractivity contribution < 1.29 is 19.7 Å². The minimum atomic E-state index is -0.324. The van der Waals surface area contributed by atoms with Crippen molar-refractivity contribution in [2.45, 2.75) is 39.1 Å². The van der Waals surface area contributed by atoms with E-state index in [1.54, 1.807) is 17.0 Å². The number of carbonyl (C=O) groups is 1. The van der Waals surface area contributed by atoms with Crippen LogP contribution in [0.4, 0.5) is 0 Å². The Labute approximate surface area is 213 Å². The number of carbonyl (C=O) groups excluding carboxylic acids is 1. The van der Waals surface area contributed by atoms with Crippen LogP contribution in [0.3, 0.4) is 0 Å². The smallest absolute Gasteiger partial charge is 0.254 e. The number of amides is 1. The van der Waals surface area contributed by atoms with Gasteiger partial charge in [0, 0.05) is 31.1 Å². The highest BCUT2D eigenvalue weighted by Gasteiger charge is 2.30. The molecule has 6 heteroatoms. The molecule has 0 radical (unpaired) electrons. The molecule has 0 saturated heterocycles. The number of aliphatic hydroxyl groups excluding tert-OH is 1. The quantitative estimate of drug-likeness (QED) is 0.533. The van der Waals surface area contributed by atoms with Gasteiger partial charge in [-0.3, -0.25) is 9.69 Å². The molecule has 2 N–H and O–H groups in total. The van der Waals surface area contributed by atoms with Crippen LogP contribution in [0.15, 0.2) is 72.8 Å². The number of phenols is 1. The first kappa shape index (κ1) is 25.9. The molecule has 6 nitrogen and oxygen atoms in total. The van der Waals surface area contributed by atoms with Crippen LogP contribution < -0.4 is 0 Å². The highest BCUT2D eigenvalue weighted by atomic mass is 16.5. The number of aliphatic hydroxyl groups is 1. The third kappa shape index (κ3) is 5.95. The first-order valence-corrected chi connectivity index (χ1v) is 12.5. The van der Waals surface area contributed by atoms with E-state index in [9.17, 15) is 15.0 Å². The van der Waals surface area contributed by atoms with Crippen LogP contribution in [0, 0.1) is 5.92 Å². The van der Waals surface area contributed by atoms with E-state index in [0.717, 1.165) is 22.3 Å². The van der Waals surface area contributed by atoms with E-state index in [4.69, 9.17) is 4.74 Å². The Morgan fingerprint density at radius 3 is 2.44 bits per heavy atom. The van der Waals surface area contributed by atoms with E-state index in [1.165, 1.54) is 0 Å². The standard InChI is InChI=1S/C30H36N2O4/c1-21-16-32(22(2)19-33)30(35)28-14-7-6-13-27(28)26-12-5-4-10-24(26)20-36-29(21)18-31(3)17-23-9-8-11-25(34)15-23/h4-15,21-22,29,33-34H,16-20H2,1-3H3/t21-,22-,29-/m0/s1. The van der Waals surface area contributed by atoms with Crippen molar-refractivity contribution in [3.63, 3.8) is 0 Å². The molecule has 36 heavy (non-hydrogen) atoms. The van der Waals surface area contributed by atoms with Crippen LogP contribution >= 0.6 is 0 Å². The van der Waals surface area contributed by atoms with E-state index in [-0.39, 0.29) is 36.3 Å². The average molecular weight is 489 g/mol. The van der Waals surface area contributed by atoms with Gasteiger partial charge in [-0.05, 0) is 54.4 Å². The molecule has 190 valence electrons. The molecule has 1 aliphatic heterocycles. The molecule has 0 unspecified atom stereocenters. The summed E-state index contributed by atoms with van der Waals surface area (Å²) < 4.78 is 6.57. The summed E-state index contributed by atoms with van der Waals surface area (Å²) in [6.45, 7) is 6.09. The number of hydrogen-bond donors (Lipinski definition) is 2. The number of aromatic hydroxyl groups is 1. The first-order chi connectivity index (χ1) is 17.4. The molecule has 1 heterocycles. The van der Waals surface area contributed by atoms with Gasteiger partial charge >= 0.3 is 0 Å². The van der Waals surface area contributed by atoms with Gasteiger partial charge in [0.25, 0.3) is 5.91 Å². The molecular formula is C30H36N2O4. The Balaban J connectivity index is 1.67. The highest BCUT2D eigenvalue weighted by molar-refractivity contribution is 6.01. The zero-order valence-electron chi connectivity index (χ0n) is 21.3. The Hall–Kier alpha value is -3.19. The number of nitrogens with zero attached hydrogens (tertiary/aromatic N) is 2. The number of likely N-dealkylation sites (N-methyl/N-ethyl adjacent to an activating group) is 1. The van der Waals surface area contributed by atoms with Crippen molar-refractivity contribution in [3.8, 4) is 16.9 Å². The number of benzene rings is 3. The average Bonchev–Trinajstić information content (AvgIpc) is 2.89. The van der Waals surface area contributed by atoms with Crippen LogP contribution in [0.25, 0.3) is 11.1 Å². The van der Waals surface area contributed by atoms with Crippen molar-refractivity contribution >= 4 is 5.91 Å². The molecule has 0 saturated carbocycles. The highest BCUT2D eigenvalue weighted by Crippen LogP contribution is 2.31. The largest absolute Gasteiger partial charge is 0.508 e. The topological polar surface area (TPSA) is 73.2 Å². The van der Waals surface area contributed by atoms with Crippen LogP contribution in [-0.2, 0) is 17.9 Å². The van der Waals surface area contributed by atoms with E-state index in [0.29, 0.717) is 31.8 Å². The zero-order chi connectivity index (χ0) is 25.7. The van der Waals surface area contributed by atoms with Gasteiger partial charge in [0.1, 0.15) is 5.75 Å². The van der Waals surface area contributed by atoms with Crippen molar-refractivity contribution in [3.05, 3.63) is 89.5 Å². The fraction of sp³-hybridized carbons (Fsp3) is 0.367.